The van der Waals surface area contributed by atoms with E-state index in [1.54, 1.807) is 6.20 Å². The maximum Gasteiger partial charge on any atom is 0.0795 e. The van der Waals surface area contributed by atoms with Crippen molar-refractivity contribution in [3.05, 3.63) is 109 Å². The van der Waals surface area contributed by atoms with Gasteiger partial charge in [-0.3, -0.25) is 9.97 Å². The van der Waals surface area contributed by atoms with Crippen LogP contribution in [0, 0.1) is 0 Å². The van der Waals surface area contributed by atoms with Gasteiger partial charge in [-0.25, -0.2) is 0 Å². The molecule has 2 heterocycles. The summed E-state index contributed by atoms with van der Waals surface area (Å²) in [5, 5.41) is 2.28. The van der Waals surface area contributed by atoms with Crippen LogP contribution in [0.1, 0.15) is 0 Å². The molecule has 2 aromatic heterocycles. The highest BCUT2D eigenvalue weighted by atomic mass is 14.7. The predicted octanol–water partition coefficient (Wildman–Crippen LogP) is 6.14. The number of rotatable bonds is 1. The number of aromatic nitrogens is 2. The zero-order chi connectivity index (χ0) is 17.6. The average molecular weight is 334 g/mol. The van der Waals surface area contributed by atoms with E-state index in [-0.39, 0.29) is 0 Å². The maximum absolute atomic E-state index is 4.37. The summed E-state index contributed by atoms with van der Waals surface area (Å²) in [6, 6.07) is 32.9. The summed E-state index contributed by atoms with van der Waals surface area (Å²) < 4.78 is 0. The van der Waals surface area contributed by atoms with Crippen LogP contribution in [0.5, 0.6) is 0 Å². The van der Waals surface area contributed by atoms with Gasteiger partial charge in [-0.15, -0.1) is 0 Å². The van der Waals surface area contributed by atoms with Crippen LogP contribution in [0.4, 0.5) is 0 Å². The Hall–Kier alpha value is -3.52. The van der Waals surface area contributed by atoms with Crippen LogP contribution in [-0.4, -0.2) is 9.97 Å². The number of fused-ring (bicyclic) bond motifs is 3. The Kier molecular flexibility index (Phi) is 4.66. The number of hydrogen-bond acceptors (Lipinski definition) is 2. The van der Waals surface area contributed by atoms with E-state index in [1.807, 2.05) is 36.5 Å². The summed E-state index contributed by atoms with van der Waals surface area (Å²) in [5.41, 5.74) is 4.58. The molecule has 0 saturated heterocycles. The molecule has 0 saturated carbocycles. The number of nitrogens with zero attached hydrogens (tertiary/aromatic N) is 2. The van der Waals surface area contributed by atoms with Gasteiger partial charge in [0.1, 0.15) is 0 Å². The molecule has 26 heavy (non-hydrogen) atoms. The number of benzene rings is 3. The molecule has 5 aromatic rings. The standard InChI is InChI=1S/C12H8N2.C12H10/c1-3-9-5-6-11-10(4-2-7-13-11)12(9)14-8-1;1-3-7-11(8-4-1)12-9-5-2-6-10-12/h1-8H;1-10H. The normalized spacial score (nSPS) is 10.3. The Morgan fingerprint density at radius 2 is 1.08 bits per heavy atom. The van der Waals surface area contributed by atoms with E-state index in [0.717, 1.165) is 21.8 Å². The highest BCUT2D eigenvalue weighted by Crippen LogP contribution is 2.21. The zero-order valence-electron chi connectivity index (χ0n) is 14.3. The van der Waals surface area contributed by atoms with Gasteiger partial charge in [0.15, 0.2) is 0 Å². The third-order valence-electron chi connectivity index (χ3n) is 4.23. The van der Waals surface area contributed by atoms with Crippen molar-refractivity contribution in [1.82, 2.24) is 9.97 Å². The molecule has 0 amide bonds. The maximum atomic E-state index is 4.37. The molecule has 0 aliphatic heterocycles. The molecular weight excluding hydrogens is 316 g/mol. The van der Waals surface area contributed by atoms with Crippen molar-refractivity contribution >= 4 is 21.8 Å². The van der Waals surface area contributed by atoms with Gasteiger partial charge < -0.3 is 0 Å². The van der Waals surface area contributed by atoms with E-state index in [4.69, 9.17) is 0 Å². The van der Waals surface area contributed by atoms with Gasteiger partial charge in [0.2, 0.25) is 0 Å². The van der Waals surface area contributed by atoms with Crippen LogP contribution in [0.2, 0.25) is 0 Å². The van der Waals surface area contributed by atoms with Gasteiger partial charge in [-0.1, -0.05) is 72.8 Å². The summed E-state index contributed by atoms with van der Waals surface area (Å²) in [6.45, 7) is 0. The number of pyridine rings is 2. The van der Waals surface area contributed by atoms with Crippen molar-refractivity contribution in [3.8, 4) is 11.1 Å². The minimum atomic E-state index is 0.999. The smallest absolute Gasteiger partial charge is 0.0795 e. The summed E-state index contributed by atoms with van der Waals surface area (Å²) in [7, 11) is 0. The van der Waals surface area contributed by atoms with Crippen molar-refractivity contribution < 1.29 is 0 Å². The van der Waals surface area contributed by atoms with Crippen molar-refractivity contribution in [2.45, 2.75) is 0 Å². The Labute approximate surface area is 152 Å². The first-order valence-electron chi connectivity index (χ1n) is 8.61. The second-order valence-electron chi connectivity index (χ2n) is 5.94. The van der Waals surface area contributed by atoms with Crippen LogP contribution >= 0.6 is 0 Å². The topological polar surface area (TPSA) is 25.8 Å². The lowest BCUT2D eigenvalue weighted by molar-refractivity contribution is 1.39. The highest BCUT2D eigenvalue weighted by molar-refractivity contribution is 6.03. The van der Waals surface area contributed by atoms with Crippen LogP contribution in [-0.2, 0) is 0 Å². The van der Waals surface area contributed by atoms with E-state index in [2.05, 4.69) is 76.7 Å². The van der Waals surface area contributed by atoms with Crippen molar-refractivity contribution in [2.75, 3.05) is 0 Å². The van der Waals surface area contributed by atoms with Crippen molar-refractivity contribution in [2.24, 2.45) is 0 Å². The van der Waals surface area contributed by atoms with E-state index < -0.39 is 0 Å². The summed E-state index contributed by atoms with van der Waals surface area (Å²) in [5.74, 6) is 0. The van der Waals surface area contributed by atoms with Gasteiger partial charge in [-0.05, 0) is 35.4 Å². The molecule has 0 unspecified atom stereocenters. The van der Waals surface area contributed by atoms with E-state index in [9.17, 15) is 0 Å². The molecule has 0 aliphatic rings. The van der Waals surface area contributed by atoms with Crippen molar-refractivity contribution in [3.63, 3.8) is 0 Å². The minimum absolute atomic E-state index is 0.999. The first-order chi connectivity index (χ1) is 12.9. The molecule has 0 spiro atoms. The Morgan fingerprint density at radius 1 is 0.462 bits per heavy atom. The third-order valence-corrected chi connectivity index (χ3v) is 4.23. The molecule has 2 nitrogen and oxygen atoms in total. The Morgan fingerprint density at radius 3 is 1.77 bits per heavy atom. The van der Waals surface area contributed by atoms with Crippen molar-refractivity contribution in [1.29, 1.82) is 0 Å². The lowest BCUT2D eigenvalue weighted by Crippen LogP contribution is -1.82. The number of hydrogen-bond donors (Lipinski definition) is 0. The Bertz CT molecular complexity index is 1030. The lowest BCUT2D eigenvalue weighted by Gasteiger charge is -2.00. The van der Waals surface area contributed by atoms with E-state index >= 15 is 0 Å². The van der Waals surface area contributed by atoms with Crippen LogP contribution < -0.4 is 0 Å². The van der Waals surface area contributed by atoms with Gasteiger partial charge >= 0.3 is 0 Å². The molecule has 0 atom stereocenters. The molecule has 0 fully saturated rings. The SMILES string of the molecule is c1ccc(-c2ccccc2)cc1.c1cnc2c(c1)ccc1ncccc12. The fourth-order valence-electron chi connectivity index (χ4n) is 2.96. The molecule has 3 aromatic carbocycles. The Balaban J connectivity index is 0.000000131. The molecule has 2 heteroatoms. The molecule has 0 N–H and O–H groups in total. The highest BCUT2D eigenvalue weighted by Gasteiger charge is 1.99. The van der Waals surface area contributed by atoms with Crippen LogP contribution in [0.15, 0.2) is 109 Å². The van der Waals surface area contributed by atoms with Gasteiger partial charge in [0.25, 0.3) is 0 Å². The third kappa shape index (κ3) is 3.45. The summed E-state index contributed by atoms with van der Waals surface area (Å²) in [6.07, 6.45) is 3.62. The molecule has 0 bridgehead atoms. The predicted molar refractivity (Wildman–Crippen MR) is 109 cm³/mol. The van der Waals surface area contributed by atoms with Gasteiger partial charge in [-0.2, -0.15) is 0 Å². The fourth-order valence-corrected chi connectivity index (χ4v) is 2.96. The van der Waals surface area contributed by atoms with E-state index in [1.165, 1.54) is 11.1 Å². The van der Waals surface area contributed by atoms with E-state index in [0.29, 0.717) is 0 Å². The molecule has 124 valence electrons. The lowest BCUT2D eigenvalue weighted by atomic mass is 10.1. The molecule has 0 radical (unpaired) electrons. The molecule has 0 aliphatic carbocycles. The molecular formula is C24H18N2. The average Bonchev–Trinajstić information content (AvgIpc) is 2.75. The second kappa shape index (κ2) is 7.58. The summed E-state index contributed by atoms with van der Waals surface area (Å²) in [4.78, 5) is 8.66. The van der Waals surface area contributed by atoms with Crippen LogP contribution in [0.25, 0.3) is 32.9 Å². The summed E-state index contributed by atoms with van der Waals surface area (Å²) >= 11 is 0. The van der Waals surface area contributed by atoms with Gasteiger partial charge in [0, 0.05) is 23.2 Å². The first kappa shape index (κ1) is 16.0. The quantitative estimate of drug-likeness (QED) is 0.344. The minimum Gasteiger partial charge on any atom is -0.256 e. The van der Waals surface area contributed by atoms with Gasteiger partial charge in [0.05, 0.1) is 11.0 Å². The van der Waals surface area contributed by atoms with Crippen LogP contribution in [0.3, 0.4) is 0 Å². The zero-order valence-corrected chi connectivity index (χ0v) is 14.3. The largest absolute Gasteiger partial charge is 0.256 e. The monoisotopic (exact) mass is 334 g/mol. The second-order valence-corrected chi connectivity index (χ2v) is 5.94. The fraction of sp³-hybridized carbons (Fsp3) is 0. The first-order valence-corrected chi connectivity index (χ1v) is 8.61. The molecule has 5 rings (SSSR count).